The van der Waals surface area contributed by atoms with Crippen molar-refractivity contribution in [1.82, 2.24) is 0 Å². The highest BCUT2D eigenvalue weighted by atomic mass is 16.5. The molecule has 2 rings (SSSR count). The SMILES string of the molecule is C[C@H]1CC[C@@H]2C(C)(C)CC=C[C@]2(C)O1. The molecule has 0 aromatic carbocycles. The van der Waals surface area contributed by atoms with Crippen LogP contribution in [0.1, 0.15) is 47.0 Å². The van der Waals surface area contributed by atoms with Gasteiger partial charge in [0.15, 0.2) is 0 Å². The van der Waals surface area contributed by atoms with Crippen LogP contribution in [-0.4, -0.2) is 11.7 Å². The summed E-state index contributed by atoms with van der Waals surface area (Å²) in [6.45, 7) is 9.19. The third-order valence-electron chi connectivity index (χ3n) is 4.04. The fraction of sp³-hybridized carbons (Fsp3) is 0.846. The van der Waals surface area contributed by atoms with Crippen LogP contribution in [0.5, 0.6) is 0 Å². The molecule has 1 aliphatic carbocycles. The second-order valence-electron chi connectivity index (χ2n) is 5.84. The van der Waals surface area contributed by atoms with Gasteiger partial charge in [0, 0.05) is 0 Å². The van der Waals surface area contributed by atoms with E-state index in [1.807, 2.05) is 0 Å². The van der Waals surface area contributed by atoms with E-state index in [0.29, 0.717) is 17.4 Å². The van der Waals surface area contributed by atoms with Crippen molar-refractivity contribution in [3.63, 3.8) is 0 Å². The Kier molecular flexibility index (Phi) is 2.26. The number of fused-ring (bicyclic) bond motifs is 1. The van der Waals surface area contributed by atoms with Crippen LogP contribution in [-0.2, 0) is 4.74 Å². The van der Waals surface area contributed by atoms with E-state index in [9.17, 15) is 0 Å². The Bertz CT molecular complexity index is 254. The van der Waals surface area contributed by atoms with Crippen molar-refractivity contribution in [3.8, 4) is 0 Å². The highest BCUT2D eigenvalue weighted by Crippen LogP contribution is 2.49. The molecule has 1 nitrogen and oxygen atoms in total. The lowest BCUT2D eigenvalue weighted by molar-refractivity contribution is -0.150. The summed E-state index contributed by atoms with van der Waals surface area (Å²) >= 11 is 0. The quantitative estimate of drug-likeness (QED) is 0.536. The Morgan fingerprint density at radius 1 is 1.21 bits per heavy atom. The highest BCUT2D eigenvalue weighted by Gasteiger charge is 2.47. The molecule has 0 aromatic rings. The average Bonchev–Trinajstić information content (AvgIpc) is 2.00. The smallest absolute Gasteiger partial charge is 0.0871 e. The molecule has 0 radical (unpaired) electrons. The summed E-state index contributed by atoms with van der Waals surface area (Å²) in [4.78, 5) is 0. The first-order valence-corrected chi connectivity index (χ1v) is 5.79. The number of ether oxygens (including phenoxy) is 1. The topological polar surface area (TPSA) is 9.23 Å². The lowest BCUT2D eigenvalue weighted by Crippen LogP contribution is -2.51. The molecule has 14 heavy (non-hydrogen) atoms. The molecule has 1 aliphatic heterocycles. The number of rotatable bonds is 0. The summed E-state index contributed by atoms with van der Waals surface area (Å²) in [5.41, 5.74) is 0.406. The van der Waals surface area contributed by atoms with Crippen LogP contribution in [0.25, 0.3) is 0 Å². The zero-order valence-electron chi connectivity index (χ0n) is 9.84. The molecule has 0 saturated carbocycles. The van der Waals surface area contributed by atoms with Crippen molar-refractivity contribution < 1.29 is 4.74 Å². The van der Waals surface area contributed by atoms with E-state index in [2.05, 4.69) is 39.8 Å². The van der Waals surface area contributed by atoms with E-state index in [1.165, 1.54) is 19.3 Å². The maximum Gasteiger partial charge on any atom is 0.0871 e. The minimum atomic E-state index is -0.000579. The fourth-order valence-corrected chi connectivity index (χ4v) is 3.32. The molecule has 0 N–H and O–H groups in total. The first-order chi connectivity index (χ1) is 6.44. The molecule has 80 valence electrons. The van der Waals surface area contributed by atoms with Crippen LogP contribution in [0, 0.1) is 11.3 Å². The van der Waals surface area contributed by atoms with Crippen LogP contribution in [0.2, 0.25) is 0 Å². The summed E-state index contributed by atoms with van der Waals surface area (Å²) in [7, 11) is 0. The van der Waals surface area contributed by atoms with E-state index in [4.69, 9.17) is 4.74 Å². The molecule has 3 atom stereocenters. The Morgan fingerprint density at radius 3 is 2.64 bits per heavy atom. The van der Waals surface area contributed by atoms with Crippen molar-refractivity contribution >= 4 is 0 Å². The molecule has 0 bridgehead atoms. The van der Waals surface area contributed by atoms with Crippen LogP contribution in [0.3, 0.4) is 0 Å². The zero-order chi connectivity index (χ0) is 10.4. The lowest BCUT2D eigenvalue weighted by Gasteiger charge is -2.51. The second kappa shape index (κ2) is 3.10. The Morgan fingerprint density at radius 2 is 1.93 bits per heavy atom. The molecule has 1 fully saturated rings. The Hall–Kier alpha value is -0.300. The normalized spacial score (nSPS) is 46.0. The lowest BCUT2D eigenvalue weighted by atomic mass is 9.62. The largest absolute Gasteiger partial charge is 0.368 e. The van der Waals surface area contributed by atoms with Crippen molar-refractivity contribution in [3.05, 3.63) is 12.2 Å². The predicted octanol–water partition coefficient (Wildman–Crippen LogP) is 3.55. The van der Waals surface area contributed by atoms with Gasteiger partial charge in [-0.1, -0.05) is 26.0 Å². The Balaban J connectivity index is 2.29. The first kappa shape index (κ1) is 10.2. The summed E-state index contributed by atoms with van der Waals surface area (Å²) in [5, 5.41) is 0. The van der Waals surface area contributed by atoms with Crippen LogP contribution in [0.15, 0.2) is 12.2 Å². The van der Waals surface area contributed by atoms with Crippen LogP contribution >= 0.6 is 0 Å². The molecule has 0 spiro atoms. The van der Waals surface area contributed by atoms with Gasteiger partial charge in [0.2, 0.25) is 0 Å². The van der Waals surface area contributed by atoms with Crippen molar-refractivity contribution in [2.75, 3.05) is 0 Å². The first-order valence-electron chi connectivity index (χ1n) is 5.79. The van der Waals surface area contributed by atoms with Gasteiger partial charge in [-0.15, -0.1) is 0 Å². The summed E-state index contributed by atoms with van der Waals surface area (Å²) in [6.07, 6.45) is 8.75. The molecule has 0 aromatic heterocycles. The van der Waals surface area contributed by atoms with E-state index >= 15 is 0 Å². The van der Waals surface area contributed by atoms with Crippen molar-refractivity contribution in [2.24, 2.45) is 11.3 Å². The molecule has 1 heterocycles. The molecule has 1 heteroatoms. The Labute approximate surface area is 87.5 Å². The number of allylic oxidation sites excluding steroid dienone is 1. The minimum Gasteiger partial charge on any atom is -0.368 e. The molecular formula is C13H22O. The maximum atomic E-state index is 6.13. The van der Waals surface area contributed by atoms with Gasteiger partial charge >= 0.3 is 0 Å². The third-order valence-corrected chi connectivity index (χ3v) is 4.04. The van der Waals surface area contributed by atoms with Crippen molar-refractivity contribution in [2.45, 2.75) is 58.7 Å². The zero-order valence-corrected chi connectivity index (χ0v) is 9.84. The monoisotopic (exact) mass is 194 g/mol. The third kappa shape index (κ3) is 1.52. The molecular weight excluding hydrogens is 172 g/mol. The minimum absolute atomic E-state index is 0.000579. The maximum absolute atomic E-state index is 6.13. The van der Waals surface area contributed by atoms with Crippen LogP contribution in [0.4, 0.5) is 0 Å². The fourth-order valence-electron chi connectivity index (χ4n) is 3.32. The van der Waals surface area contributed by atoms with E-state index in [1.54, 1.807) is 0 Å². The summed E-state index contributed by atoms with van der Waals surface area (Å²) < 4.78 is 6.13. The van der Waals surface area contributed by atoms with Gasteiger partial charge in [-0.2, -0.15) is 0 Å². The van der Waals surface area contributed by atoms with Gasteiger partial charge in [-0.25, -0.2) is 0 Å². The molecule has 0 unspecified atom stereocenters. The summed E-state index contributed by atoms with van der Waals surface area (Å²) in [6, 6.07) is 0. The number of hydrogen-bond acceptors (Lipinski definition) is 1. The predicted molar refractivity (Wildman–Crippen MR) is 59.2 cm³/mol. The molecule has 2 aliphatic rings. The molecule has 1 saturated heterocycles. The average molecular weight is 194 g/mol. The van der Waals surface area contributed by atoms with Gasteiger partial charge in [0.05, 0.1) is 11.7 Å². The van der Waals surface area contributed by atoms with Gasteiger partial charge < -0.3 is 4.74 Å². The van der Waals surface area contributed by atoms with E-state index in [-0.39, 0.29) is 5.60 Å². The second-order valence-corrected chi connectivity index (χ2v) is 5.84. The highest BCUT2D eigenvalue weighted by molar-refractivity contribution is 5.14. The standard InChI is InChI=1S/C13H22O/c1-10-6-7-11-12(2,3)8-5-9-13(11,4)14-10/h5,9-11H,6-8H2,1-4H3/t10-,11+,13-/m0/s1. The van der Waals surface area contributed by atoms with E-state index in [0.717, 1.165) is 0 Å². The summed E-state index contributed by atoms with van der Waals surface area (Å²) in [5.74, 6) is 0.691. The van der Waals surface area contributed by atoms with E-state index < -0.39 is 0 Å². The van der Waals surface area contributed by atoms with Crippen molar-refractivity contribution in [1.29, 1.82) is 0 Å². The molecule has 0 amide bonds. The van der Waals surface area contributed by atoms with Crippen LogP contribution < -0.4 is 0 Å². The van der Waals surface area contributed by atoms with Gasteiger partial charge in [0.25, 0.3) is 0 Å². The number of hydrogen-bond donors (Lipinski definition) is 0. The van der Waals surface area contributed by atoms with Gasteiger partial charge in [-0.3, -0.25) is 0 Å². The van der Waals surface area contributed by atoms with Gasteiger partial charge in [-0.05, 0) is 44.4 Å². The van der Waals surface area contributed by atoms with Gasteiger partial charge in [0.1, 0.15) is 0 Å².